The van der Waals surface area contributed by atoms with Crippen molar-refractivity contribution in [1.29, 1.82) is 0 Å². The number of nitrogens with zero attached hydrogens (tertiary/aromatic N) is 1. The lowest BCUT2D eigenvalue weighted by Gasteiger charge is -2.38. The average Bonchev–Trinajstić information content (AvgIpc) is 2.63. The number of aromatic nitrogens is 2. The predicted octanol–water partition coefficient (Wildman–Crippen LogP) is 2.07. The molecular formula is C12H12N2O2. The van der Waals surface area contributed by atoms with E-state index >= 15 is 0 Å². The van der Waals surface area contributed by atoms with E-state index in [-0.39, 0.29) is 0 Å². The van der Waals surface area contributed by atoms with Crippen LogP contribution in [0, 0.1) is 0 Å². The largest absolute Gasteiger partial charge is 0.481 e. The third-order valence-electron chi connectivity index (χ3n) is 3.61. The molecule has 1 heterocycles. The van der Waals surface area contributed by atoms with Crippen LogP contribution in [0.2, 0.25) is 0 Å². The number of aromatic amines is 1. The molecule has 16 heavy (non-hydrogen) atoms. The second-order valence-corrected chi connectivity index (χ2v) is 4.38. The molecule has 2 N–H and O–H groups in total. The maximum atomic E-state index is 11.4. The van der Waals surface area contributed by atoms with Crippen LogP contribution in [0.5, 0.6) is 0 Å². The number of hydrogen-bond donors (Lipinski definition) is 2. The minimum Gasteiger partial charge on any atom is -0.481 e. The minimum atomic E-state index is -0.721. The van der Waals surface area contributed by atoms with E-state index in [4.69, 9.17) is 0 Å². The van der Waals surface area contributed by atoms with Crippen LogP contribution in [0.4, 0.5) is 0 Å². The van der Waals surface area contributed by atoms with Gasteiger partial charge >= 0.3 is 5.97 Å². The fraction of sp³-hybridized carbons (Fsp3) is 0.333. The zero-order chi connectivity index (χ0) is 11.2. The monoisotopic (exact) mass is 216 g/mol. The van der Waals surface area contributed by atoms with Crippen molar-refractivity contribution in [2.24, 2.45) is 0 Å². The van der Waals surface area contributed by atoms with Crippen LogP contribution in [-0.4, -0.2) is 21.3 Å². The molecule has 2 aromatic rings. The van der Waals surface area contributed by atoms with Crippen LogP contribution >= 0.6 is 0 Å². The second-order valence-electron chi connectivity index (χ2n) is 4.38. The molecule has 1 aliphatic carbocycles. The van der Waals surface area contributed by atoms with Crippen LogP contribution in [0.1, 0.15) is 24.8 Å². The molecule has 1 fully saturated rings. The maximum absolute atomic E-state index is 11.4. The van der Waals surface area contributed by atoms with E-state index in [0.29, 0.717) is 0 Å². The van der Waals surface area contributed by atoms with Crippen LogP contribution in [-0.2, 0) is 10.2 Å². The van der Waals surface area contributed by atoms with Gasteiger partial charge in [0.25, 0.3) is 0 Å². The van der Waals surface area contributed by atoms with Gasteiger partial charge in [-0.1, -0.05) is 24.6 Å². The molecule has 0 aliphatic heterocycles. The van der Waals surface area contributed by atoms with Gasteiger partial charge < -0.3 is 5.11 Å². The average molecular weight is 216 g/mol. The van der Waals surface area contributed by atoms with Gasteiger partial charge in [0.15, 0.2) is 0 Å². The Hall–Kier alpha value is -1.84. The smallest absolute Gasteiger partial charge is 0.314 e. The van der Waals surface area contributed by atoms with E-state index in [2.05, 4.69) is 10.2 Å². The Bertz CT molecular complexity index is 555. The third kappa shape index (κ3) is 1.04. The molecule has 0 amide bonds. The number of H-pyrrole nitrogens is 1. The zero-order valence-electron chi connectivity index (χ0n) is 8.73. The van der Waals surface area contributed by atoms with Crippen LogP contribution in [0.3, 0.4) is 0 Å². The summed E-state index contributed by atoms with van der Waals surface area (Å²) in [4.78, 5) is 11.4. The van der Waals surface area contributed by atoms with Crippen molar-refractivity contribution in [3.05, 3.63) is 30.0 Å². The highest BCUT2D eigenvalue weighted by atomic mass is 16.4. The minimum absolute atomic E-state index is 0.688. The van der Waals surface area contributed by atoms with Crippen molar-refractivity contribution < 1.29 is 9.90 Å². The molecule has 0 unspecified atom stereocenters. The quantitative estimate of drug-likeness (QED) is 0.807. The number of fused-ring (bicyclic) bond motifs is 1. The summed E-state index contributed by atoms with van der Waals surface area (Å²) in [5.74, 6) is -0.721. The molecular weight excluding hydrogens is 204 g/mol. The van der Waals surface area contributed by atoms with Gasteiger partial charge in [0.1, 0.15) is 0 Å². The second kappa shape index (κ2) is 3.07. The number of rotatable bonds is 2. The van der Waals surface area contributed by atoms with Crippen molar-refractivity contribution in [3.63, 3.8) is 0 Å². The molecule has 1 aromatic heterocycles. The molecule has 0 radical (unpaired) electrons. The summed E-state index contributed by atoms with van der Waals surface area (Å²) in [6.07, 6.45) is 4.16. The summed E-state index contributed by atoms with van der Waals surface area (Å²) in [5.41, 5.74) is 1.05. The van der Waals surface area contributed by atoms with E-state index in [0.717, 1.165) is 35.7 Å². The Morgan fingerprint density at radius 1 is 1.44 bits per heavy atom. The SMILES string of the molecule is O=C(O)C1(c2cccc3cn[nH]c23)CCC1. The van der Waals surface area contributed by atoms with E-state index in [1.54, 1.807) is 6.20 Å². The molecule has 1 aromatic carbocycles. The molecule has 0 bridgehead atoms. The van der Waals surface area contributed by atoms with Crippen LogP contribution < -0.4 is 0 Å². The maximum Gasteiger partial charge on any atom is 0.314 e. The number of carbonyl (C=O) groups is 1. The van der Waals surface area contributed by atoms with Gasteiger partial charge in [0.05, 0.1) is 17.1 Å². The highest BCUT2D eigenvalue weighted by Gasteiger charge is 2.47. The van der Waals surface area contributed by atoms with Crippen LogP contribution in [0.25, 0.3) is 10.9 Å². The van der Waals surface area contributed by atoms with Crippen molar-refractivity contribution >= 4 is 16.9 Å². The van der Waals surface area contributed by atoms with Gasteiger partial charge in [-0.15, -0.1) is 0 Å². The molecule has 82 valence electrons. The van der Waals surface area contributed by atoms with E-state index in [1.165, 1.54) is 0 Å². The first-order valence-corrected chi connectivity index (χ1v) is 5.40. The summed E-state index contributed by atoms with van der Waals surface area (Å²) < 4.78 is 0. The van der Waals surface area contributed by atoms with Crippen molar-refractivity contribution in [1.82, 2.24) is 10.2 Å². The lowest BCUT2D eigenvalue weighted by molar-refractivity contribution is -0.147. The van der Waals surface area contributed by atoms with Gasteiger partial charge in [-0.2, -0.15) is 5.10 Å². The summed E-state index contributed by atoms with van der Waals surface area (Å²) in [5, 5.41) is 17.3. The molecule has 3 rings (SSSR count). The number of para-hydroxylation sites is 1. The van der Waals surface area contributed by atoms with Crippen LogP contribution in [0.15, 0.2) is 24.4 Å². The standard InChI is InChI=1S/C12H12N2O2/c15-11(16)12(5-2-6-12)9-4-1-3-8-7-13-14-10(8)9/h1,3-4,7H,2,5-6H2,(H,13,14)(H,15,16). The van der Waals surface area contributed by atoms with Gasteiger partial charge in [-0.3, -0.25) is 9.89 Å². The molecule has 1 aliphatic rings. The van der Waals surface area contributed by atoms with E-state index in [1.807, 2.05) is 18.2 Å². The number of carboxylic acid groups (broad SMARTS) is 1. The fourth-order valence-corrected chi connectivity index (χ4v) is 2.50. The van der Waals surface area contributed by atoms with Crippen molar-refractivity contribution in [3.8, 4) is 0 Å². The summed E-state index contributed by atoms with van der Waals surface area (Å²) in [6.45, 7) is 0. The lowest BCUT2D eigenvalue weighted by atomic mass is 9.64. The predicted molar refractivity (Wildman–Crippen MR) is 59.3 cm³/mol. The van der Waals surface area contributed by atoms with E-state index < -0.39 is 11.4 Å². The number of benzene rings is 1. The first kappa shape index (κ1) is 9.39. The fourth-order valence-electron chi connectivity index (χ4n) is 2.50. The Morgan fingerprint density at radius 3 is 2.88 bits per heavy atom. The normalized spacial score (nSPS) is 18.2. The molecule has 4 nitrogen and oxygen atoms in total. The Kier molecular flexibility index (Phi) is 1.80. The Labute approximate surface area is 92.3 Å². The summed E-state index contributed by atoms with van der Waals surface area (Å²) in [6, 6.07) is 5.74. The topological polar surface area (TPSA) is 66.0 Å². The lowest BCUT2D eigenvalue weighted by Crippen LogP contribution is -2.42. The van der Waals surface area contributed by atoms with Gasteiger partial charge in [0, 0.05) is 5.39 Å². The Balaban J connectivity index is 2.25. The van der Waals surface area contributed by atoms with Gasteiger partial charge in [-0.05, 0) is 18.4 Å². The Morgan fingerprint density at radius 2 is 2.25 bits per heavy atom. The first-order chi connectivity index (χ1) is 7.74. The van der Waals surface area contributed by atoms with Gasteiger partial charge in [0.2, 0.25) is 0 Å². The third-order valence-corrected chi connectivity index (χ3v) is 3.61. The highest BCUT2D eigenvalue weighted by Crippen LogP contribution is 2.45. The molecule has 0 atom stereocenters. The molecule has 0 saturated heterocycles. The molecule has 4 heteroatoms. The number of nitrogens with one attached hydrogen (secondary N) is 1. The molecule has 1 saturated carbocycles. The molecule has 0 spiro atoms. The summed E-state index contributed by atoms with van der Waals surface area (Å²) >= 11 is 0. The van der Waals surface area contributed by atoms with Crippen molar-refractivity contribution in [2.75, 3.05) is 0 Å². The van der Waals surface area contributed by atoms with Crippen molar-refractivity contribution in [2.45, 2.75) is 24.7 Å². The number of hydrogen-bond acceptors (Lipinski definition) is 2. The zero-order valence-corrected chi connectivity index (χ0v) is 8.73. The summed E-state index contributed by atoms with van der Waals surface area (Å²) in [7, 11) is 0. The van der Waals surface area contributed by atoms with E-state index in [9.17, 15) is 9.90 Å². The number of aliphatic carboxylic acids is 1. The van der Waals surface area contributed by atoms with Gasteiger partial charge in [-0.25, -0.2) is 0 Å². The highest BCUT2D eigenvalue weighted by molar-refractivity contribution is 5.91. The number of carboxylic acids is 1. The first-order valence-electron chi connectivity index (χ1n) is 5.40.